The van der Waals surface area contributed by atoms with Crippen molar-refractivity contribution in [3.05, 3.63) is 64.7 Å². The van der Waals surface area contributed by atoms with Gasteiger partial charge in [0.25, 0.3) is 5.91 Å². The molecular formula is C22H24F3NO4. The Morgan fingerprint density at radius 3 is 2.73 bits per heavy atom. The zero-order chi connectivity index (χ0) is 21.7. The molecule has 30 heavy (non-hydrogen) atoms. The van der Waals surface area contributed by atoms with Crippen molar-refractivity contribution in [2.45, 2.75) is 25.8 Å². The lowest BCUT2D eigenvalue weighted by Gasteiger charge is -2.33. The molecule has 2 aromatic rings. The number of rotatable bonds is 6. The van der Waals surface area contributed by atoms with Crippen molar-refractivity contribution in [1.82, 2.24) is 4.90 Å². The van der Waals surface area contributed by atoms with Crippen molar-refractivity contribution in [2.24, 2.45) is 0 Å². The second-order valence-corrected chi connectivity index (χ2v) is 7.09. The van der Waals surface area contributed by atoms with E-state index in [1.165, 1.54) is 6.07 Å². The first kappa shape index (κ1) is 22.1. The van der Waals surface area contributed by atoms with Crippen molar-refractivity contribution in [2.75, 3.05) is 33.4 Å². The average Bonchev–Trinajstić information content (AvgIpc) is 2.73. The number of hydrogen-bond acceptors (Lipinski definition) is 4. The molecule has 1 aliphatic rings. The van der Waals surface area contributed by atoms with Crippen molar-refractivity contribution in [1.29, 1.82) is 0 Å². The van der Waals surface area contributed by atoms with Crippen LogP contribution in [-0.4, -0.2) is 50.3 Å². The van der Waals surface area contributed by atoms with Crippen molar-refractivity contribution >= 4 is 5.91 Å². The number of nitrogens with zero attached hydrogens (tertiary/aromatic N) is 1. The predicted octanol–water partition coefficient (Wildman–Crippen LogP) is 4.08. The number of carbonyl (C=O) groups excluding carboxylic acids is 1. The summed E-state index contributed by atoms with van der Waals surface area (Å²) in [7, 11) is 1.56. The molecule has 5 nitrogen and oxygen atoms in total. The fourth-order valence-corrected chi connectivity index (χ4v) is 3.39. The standard InChI is InChI=1S/C22H24F3NO4/c1-15-19(7-4-8-20(15)28-2)21(27)26-9-10-30-18(12-26)14-29-13-16-5-3-6-17(11-16)22(23,24)25/h3-8,11,18H,9-10,12-14H2,1-2H3. The number of hydrogen-bond donors (Lipinski definition) is 0. The molecule has 1 atom stereocenters. The molecule has 1 heterocycles. The van der Waals surface area contributed by atoms with Gasteiger partial charge in [0.05, 0.1) is 38.6 Å². The van der Waals surface area contributed by atoms with Gasteiger partial charge in [-0.05, 0) is 36.8 Å². The summed E-state index contributed by atoms with van der Waals surface area (Å²) in [6.07, 6.45) is -4.74. The van der Waals surface area contributed by atoms with Crippen LogP contribution in [-0.2, 0) is 22.3 Å². The third kappa shape index (κ3) is 5.31. The molecule has 0 N–H and O–H groups in total. The van der Waals surface area contributed by atoms with Gasteiger partial charge in [0.15, 0.2) is 0 Å². The molecule has 3 rings (SSSR count). The lowest BCUT2D eigenvalue weighted by molar-refractivity contribution is -0.137. The van der Waals surface area contributed by atoms with Gasteiger partial charge in [-0.15, -0.1) is 0 Å². The van der Waals surface area contributed by atoms with E-state index < -0.39 is 11.7 Å². The zero-order valence-corrected chi connectivity index (χ0v) is 16.9. The molecular weight excluding hydrogens is 399 g/mol. The van der Waals surface area contributed by atoms with Crippen LogP contribution in [0.15, 0.2) is 42.5 Å². The molecule has 0 radical (unpaired) electrons. The van der Waals surface area contributed by atoms with Crippen LogP contribution in [0.4, 0.5) is 13.2 Å². The predicted molar refractivity (Wildman–Crippen MR) is 104 cm³/mol. The van der Waals surface area contributed by atoms with Crippen LogP contribution in [0.2, 0.25) is 0 Å². The van der Waals surface area contributed by atoms with E-state index in [-0.39, 0.29) is 25.2 Å². The Kier molecular flexibility index (Phi) is 6.99. The molecule has 1 amide bonds. The van der Waals surface area contributed by atoms with E-state index in [9.17, 15) is 18.0 Å². The van der Waals surface area contributed by atoms with Crippen LogP contribution in [0.3, 0.4) is 0 Å². The second kappa shape index (κ2) is 9.49. The second-order valence-electron chi connectivity index (χ2n) is 7.09. The van der Waals surface area contributed by atoms with Crippen molar-refractivity contribution in [3.8, 4) is 5.75 Å². The molecule has 2 aromatic carbocycles. The number of morpholine rings is 1. The topological polar surface area (TPSA) is 48.0 Å². The molecule has 0 aromatic heterocycles. The number of amides is 1. The third-order valence-corrected chi connectivity index (χ3v) is 4.99. The number of ether oxygens (including phenoxy) is 3. The maximum absolute atomic E-state index is 12.9. The zero-order valence-electron chi connectivity index (χ0n) is 16.9. The molecule has 0 spiro atoms. The maximum atomic E-state index is 12.9. The van der Waals surface area contributed by atoms with Gasteiger partial charge >= 0.3 is 6.18 Å². The normalized spacial score (nSPS) is 17.1. The van der Waals surface area contributed by atoms with Gasteiger partial charge in [0, 0.05) is 24.2 Å². The van der Waals surface area contributed by atoms with Gasteiger partial charge in [-0.1, -0.05) is 18.2 Å². The Bertz CT molecular complexity index is 885. The minimum atomic E-state index is -4.39. The van der Waals surface area contributed by atoms with Gasteiger partial charge < -0.3 is 19.1 Å². The highest BCUT2D eigenvalue weighted by Gasteiger charge is 2.30. The van der Waals surface area contributed by atoms with E-state index >= 15 is 0 Å². The van der Waals surface area contributed by atoms with Crippen LogP contribution < -0.4 is 4.74 Å². The molecule has 0 aliphatic carbocycles. The van der Waals surface area contributed by atoms with Gasteiger partial charge in [-0.2, -0.15) is 13.2 Å². The maximum Gasteiger partial charge on any atom is 0.416 e. The number of halogens is 3. The summed E-state index contributed by atoms with van der Waals surface area (Å²) in [5, 5.41) is 0. The third-order valence-electron chi connectivity index (χ3n) is 4.99. The summed E-state index contributed by atoms with van der Waals surface area (Å²) in [5.74, 6) is 0.535. The first-order valence-electron chi connectivity index (χ1n) is 9.58. The minimum Gasteiger partial charge on any atom is -0.496 e. The van der Waals surface area contributed by atoms with Gasteiger partial charge in [-0.25, -0.2) is 0 Å². The SMILES string of the molecule is COc1cccc(C(=O)N2CCOC(COCc3cccc(C(F)(F)F)c3)C2)c1C. The molecule has 1 unspecified atom stereocenters. The number of benzene rings is 2. The van der Waals surface area contributed by atoms with Gasteiger partial charge in [0.2, 0.25) is 0 Å². The molecule has 0 bridgehead atoms. The van der Waals surface area contributed by atoms with Crippen LogP contribution in [0, 0.1) is 6.92 Å². The fraction of sp³-hybridized carbons (Fsp3) is 0.409. The summed E-state index contributed by atoms with van der Waals surface area (Å²) in [5.41, 5.74) is 1.07. The summed E-state index contributed by atoms with van der Waals surface area (Å²) >= 11 is 0. The number of alkyl halides is 3. The van der Waals surface area contributed by atoms with E-state index in [1.807, 2.05) is 6.92 Å². The van der Waals surface area contributed by atoms with Crippen molar-refractivity contribution in [3.63, 3.8) is 0 Å². The summed E-state index contributed by atoms with van der Waals surface area (Å²) in [4.78, 5) is 14.6. The first-order valence-corrected chi connectivity index (χ1v) is 9.58. The number of methoxy groups -OCH3 is 1. The van der Waals surface area contributed by atoms with Crippen molar-refractivity contribution < 1.29 is 32.2 Å². The highest BCUT2D eigenvalue weighted by atomic mass is 19.4. The smallest absolute Gasteiger partial charge is 0.416 e. The molecule has 162 valence electrons. The monoisotopic (exact) mass is 423 g/mol. The van der Waals surface area contributed by atoms with Crippen LogP contribution in [0.5, 0.6) is 5.75 Å². The van der Waals surface area contributed by atoms with Crippen LogP contribution >= 0.6 is 0 Å². The molecule has 8 heteroatoms. The quantitative estimate of drug-likeness (QED) is 0.703. The molecule has 1 aliphatic heterocycles. The molecule has 0 saturated carbocycles. The fourth-order valence-electron chi connectivity index (χ4n) is 3.39. The van der Waals surface area contributed by atoms with Gasteiger partial charge in [0.1, 0.15) is 5.75 Å². The van der Waals surface area contributed by atoms with E-state index in [1.54, 1.807) is 36.3 Å². The summed E-state index contributed by atoms with van der Waals surface area (Å²) in [6, 6.07) is 10.4. The highest BCUT2D eigenvalue weighted by Crippen LogP contribution is 2.29. The Labute approximate surface area is 173 Å². The average molecular weight is 423 g/mol. The van der Waals surface area contributed by atoms with E-state index in [0.717, 1.165) is 17.7 Å². The van der Waals surface area contributed by atoms with Crippen LogP contribution in [0.1, 0.15) is 27.0 Å². The Morgan fingerprint density at radius 1 is 1.23 bits per heavy atom. The summed E-state index contributed by atoms with van der Waals surface area (Å²) in [6.45, 7) is 3.22. The highest BCUT2D eigenvalue weighted by molar-refractivity contribution is 5.96. The largest absolute Gasteiger partial charge is 0.496 e. The van der Waals surface area contributed by atoms with E-state index in [2.05, 4.69) is 0 Å². The number of carbonyl (C=O) groups is 1. The molecule has 1 saturated heterocycles. The van der Waals surface area contributed by atoms with E-state index in [4.69, 9.17) is 14.2 Å². The Balaban J connectivity index is 1.56. The minimum absolute atomic E-state index is 0.0344. The van der Waals surface area contributed by atoms with E-state index in [0.29, 0.717) is 36.6 Å². The lowest BCUT2D eigenvalue weighted by atomic mass is 10.1. The summed E-state index contributed by atoms with van der Waals surface area (Å²) < 4.78 is 54.9. The lowest BCUT2D eigenvalue weighted by Crippen LogP contribution is -2.47. The molecule has 1 fully saturated rings. The first-order chi connectivity index (χ1) is 14.3. The Hall–Kier alpha value is -2.58. The van der Waals surface area contributed by atoms with Crippen LogP contribution in [0.25, 0.3) is 0 Å². The Morgan fingerprint density at radius 2 is 2.00 bits per heavy atom. The van der Waals surface area contributed by atoms with Gasteiger partial charge in [-0.3, -0.25) is 4.79 Å².